The van der Waals surface area contributed by atoms with Crippen LogP contribution in [-0.4, -0.2) is 14.2 Å². The minimum atomic E-state index is 0.761. The van der Waals surface area contributed by atoms with E-state index in [-0.39, 0.29) is 0 Å². The summed E-state index contributed by atoms with van der Waals surface area (Å²) in [7, 11) is 3.39. The molecule has 0 bridgehead atoms. The molecule has 0 radical (unpaired) electrons. The first-order valence-corrected chi connectivity index (χ1v) is 6.66. The quantitative estimate of drug-likeness (QED) is 0.893. The van der Waals surface area contributed by atoms with E-state index in [1.807, 2.05) is 24.3 Å². The number of hydrogen-bond donors (Lipinski definition) is 1. The van der Waals surface area contributed by atoms with E-state index in [4.69, 9.17) is 9.47 Å². The lowest BCUT2D eigenvalue weighted by Crippen LogP contribution is -2.04. The summed E-state index contributed by atoms with van der Waals surface area (Å²) in [5, 5.41) is 3.42. The predicted molar refractivity (Wildman–Crippen MR) is 82.8 cm³/mol. The molecule has 1 N–H and O–H groups in total. The largest absolute Gasteiger partial charge is 0.496 e. The van der Waals surface area contributed by atoms with E-state index in [1.54, 1.807) is 14.2 Å². The molecule has 0 heterocycles. The summed E-state index contributed by atoms with van der Waals surface area (Å²) in [4.78, 5) is 0. The van der Waals surface area contributed by atoms with Gasteiger partial charge in [0.15, 0.2) is 0 Å². The molecule has 2 aromatic rings. The lowest BCUT2D eigenvalue weighted by Gasteiger charge is -2.14. The smallest absolute Gasteiger partial charge is 0.141 e. The number of nitrogens with one attached hydrogen (secondary N) is 1. The maximum atomic E-state index is 5.34. The van der Waals surface area contributed by atoms with Gasteiger partial charge in [0.1, 0.15) is 11.5 Å². The van der Waals surface area contributed by atoms with Crippen LogP contribution in [0.4, 0.5) is 5.69 Å². The second-order valence-electron chi connectivity index (χ2n) is 4.80. The van der Waals surface area contributed by atoms with Crippen LogP contribution in [0.3, 0.4) is 0 Å². The fraction of sp³-hybridized carbons (Fsp3) is 0.294. The van der Waals surface area contributed by atoms with Gasteiger partial charge in [-0.15, -0.1) is 0 Å². The van der Waals surface area contributed by atoms with Gasteiger partial charge in [0.05, 0.1) is 19.9 Å². The molecule has 0 amide bonds. The lowest BCUT2D eigenvalue weighted by atomic mass is 10.0. The van der Waals surface area contributed by atoms with Crippen LogP contribution in [0, 0.1) is 13.8 Å². The summed E-state index contributed by atoms with van der Waals surface area (Å²) < 4.78 is 10.7. The molecule has 0 aromatic heterocycles. The highest BCUT2D eigenvalue weighted by Crippen LogP contribution is 2.26. The van der Waals surface area contributed by atoms with Crippen LogP contribution in [0.25, 0.3) is 0 Å². The van der Waals surface area contributed by atoms with Crippen LogP contribution < -0.4 is 14.8 Å². The van der Waals surface area contributed by atoms with Crippen molar-refractivity contribution >= 4 is 5.69 Å². The average molecular weight is 271 g/mol. The number of rotatable bonds is 5. The van der Waals surface area contributed by atoms with Crippen molar-refractivity contribution < 1.29 is 9.47 Å². The fourth-order valence-corrected chi connectivity index (χ4v) is 2.24. The van der Waals surface area contributed by atoms with Crippen LogP contribution in [0.1, 0.15) is 16.7 Å². The number of anilines is 1. The van der Waals surface area contributed by atoms with Crippen LogP contribution in [0.5, 0.6) is 11.5 Å². The SMILES string of the molecule is COc1cc(C)c(CNc2ccccc2OC)cc1C. The van der Waals surface area contributed by atoms with Crippen molar-refractivity contribution in [2.75, 3.05) is 19.5 Å². The van der Waals surface area contributed by atoms with Crippen LogP contribution in [-0.2, 0) is 6.54 Å². The summed E-state index contributed by atoms with van der Waals surface area (Å²) in [5.74, 6) is 1.79. The Labute approximate surface area is 120 Å². The zero-order chi connectivity index (χ0) is 14.5. The molecule has 0 saturated carbocycles. The third-order valence-corrected chi connectivity index (χ3v) is 3.43. The Morgan fingerprint density at radius 1 is 0.900 bits per heavy atom. The number of methoxy groups -OCH3 is 2. The first-order chi connectivity index (χ1) is 9.65. The van der Waals surface area contributed by atoms with Gasteiger partial charge in [0.25, 0.3) is 0 Å². The third-order valence-electron chi connectivity index (χ3n) is 3.43. The van der Waals surface area contributed by atoms with E-state index >= 15 is 0 Å². The number of benzene rings is 2. The monoisotopic (exact) mass is 271 g/mol. The molecular weight excluding hydrogens is 250 g/mol. The summed E-state index contributed by atoms with van der Waals surface area (Å²) in [6.07, 6.45) is 0. The molecule has 0 aliphatic heterocycles. The Balaban J connectivity index is 2.17. The molecule has 0 atom stereocenters. The van der Waals surface area contributed by atoms with Crippen molar-refractivity contribution in [2.45, 2.75) is 20.4 Å². The minimum absolute atomic E-state index is 0.761. The first kappa shape index (κ1) is 14.3. The number of aryl methyl sites for hydroxylation is 2. The van der Waals surface area contributed by atoms with Gasteiger partial charge in [0.2, 0.25) is 0 Å². The van der Waals surface area contributed by atoms with E-state index < -0.39 is 0 Å². The molecule has 20 heavy (non-hydrogen) atoms. The van der Waals surface area contributed by atoms with Crippen LogP contribution >= 0.6 is 0 Å². The van der Waals surface area contributed by atoms with Gasteiger partial charge in [-0.3, -0.25) is 0 Å². The van der Waals surface area contributed by atoms with Crippen LogP contribution in [0.2, 0.25) is 0 Å². The Morgan fingerprint density at radius 2 is 1.60 bits per heavy atom. The maximum absolute atomic E-state index is 5.34. The van der Waals surface area contributed by atoms with Crippen molar-refractivity contribution in [1.29, 1.82) is 0 Å². The molecule has 2 rings (SSSR count). The second kappa shape index (κ2) is 6.33. The first-order valence-electron chi connectivity index (χ1n) is 6.66. The van der Waals surface area contributed by atoms with Crippen molar-refractivity contribution in [2.24, 2.45) is 0 Å². The van der Waals surface area contributed by atoms with E-state index in [2.05, 4.69) is 31.3 Å². The highest BCUT2D eigenvalue weighted by molar-refractivity contribution is 5.56. The zero-order valence-corrected chi connectivity index (χ0v) is 12.5. The molecule has 0 saturated heterocycles. The van der Waals surface area contributed by atoms with E-state index in [1.165, 1.54) is 11.1 Å². The Hall–Kier alpha value is -2.16. The summed E-state index contributed by atoms with van der Waals surface area (Å²) in [6, 6.07) is 12.2. The molecule has 0 spiro atoms. The Bertz CT molecular complexity index is 594. The highest BCUT2D eigenvalue weighted by atomic mass is 16.5. The molecule has 0 fully saturated rings. The number of ether oxygens (including phenoxy) is 2. The van der Waals surface area contributed by atoms with Gasteiger partial charge < -0.3 is 14.8 Å². The predicted octanol–water partition coefficient (Wildman–Crippen LogP) is 3.93. The summed E-state index contributed by atoms with van der Waals surface area (Å²) in [6.45, 7) is 4.92. The van der Waals surface area contributed by atoms with Gasteiger partial charge >= 0.3 is 0 Å². The summed E-state index contributed by atoms with van der Waals surface area (Å²) >= 11 is 0. The molecule has 2 aromatic carbocycles. The lowest BCUT2D eigenvalue weighted by molar-refractivity contribution is 0.411. The third kappa shape index (κ3) is 3.05. The summed E-state index contributed by atoms with van der Waals surface area (Å²) in [5.41, 5.74) is 4.63. The molecule has 0 aliphatic rings. The minimum Gasteiger partial charge on any atom is -0.496 e. The van der Waals surface area contributed by atoms with Gasteiger partial charge in [-0.05, 0) is 48.7 Å². The van der Waals surface area contributed by atoms with Crippen molar-refractivity contribution in [3.8, 4) is 11.5 Å². The van der Waals surface area contributed by atoms with E-state index in [9.17, 15) is 0 Å². The fourth-order valence-electron chi connectivity index (χ4n) is 2.24. The van der Waals surface area contributed by atoms with Gasteiger partial charge in [-0.25, -0.2) is 0 Å². The molecule has 3 nitrogen and oxygen atoms in total. The van der Waals surface area contributed by atoms with Gasteiger partial charge in [-0.2, -0.15) is 0 Å². The molecule has 0 aliphatic carbocycles. The van der Waals surface area contributed by atoms with Crippen molar-refractivity contribution in [3.63, 3.8) is 0 Å². The Kier molecular flexibility index (Phi) is 4.51. The normalized spacial score (nSPS) is 10.2. The zero-order valence-electron chi connectivity index (χ0n) is 12.5. The number of para-hydroxylation sites is 2. The molecule has 3 heteroatoms. The van der Waals surface area contributed by atoms with Crippen molar-refractivity contribution in [3.05, 3.63) is 53.1 Å². The van der Waals surface area contributed by atoms with Gasteiger partial charge in [-0.1, -0.05) is 18.2 Å². The van der Waals surface area contributed by atoms with Gasteiger partial charge in [0, 0.05) is 6.54 Å². The van der Waals surface area contributed by atoms with Crippen LogP contribution in [0.15, 0.2) is 36.4 Å². The molecule has 0 unspecified atom stereocenters. The topological polar surface area (TPSA) is 30.5 Å². The van der Waals surface area contributed by atoms with E-state index in [0.29, 0.717) is 0 Å². The molecular formula is C17H21NO2. The standard InChI is InChI=1S/C17H21NO2/c1-12-10-17(20-4)13(2)9-14(12)11-18-15-7-5-6-8-16(15)19-3/h5-10,18H,11H2,1-4H3. The van der Waals surface area contributed by atoms with Crippen molar-refractivity contribution in [1.82, 2.24) is 0 Å². The second-order valence-corrected chi connectivity index (χ2v) is 4.80. The number of hydrogen-bond acceptors (Lipinski definition) is 3. The highest BCUT2D eigenvalue weighted by Gasteiger charge is 2.06. The maximum Gasteiger partial charge on any atom is 0.141 e. The average Bonchev–Trinajstić information content (AvgIpc) is 2.48. The Morgan fingerprint density at radius 3 is 2.30 bits per heavy atom. The van der Waals surface area contributed by atoms with E-state index in [0.717, 1.165) is 29.3 Å². The molecule has 106 valence electrons.